The predicted molar refractivity (Wildman–Crippen MR) is 131 cm³/mol. The van der Waals surface area contributed by atoms with Crippen molar-refractivity contribution in [3.63, 3.8) is 0 Å². The third-order valence-corrected chi connectivity index (χ3v) is 7.42. The fourth-order valence-electron chi connectivity index (χ4n) is 3.62. The van der Waals surface area contributed by atoms with Crippen molar-refractivity contribution in [3.05, 3.63) is 64.5 Å². The van der Waals surface area contributed by atoms with Crippen LogP contribution in [0.3, 0.4) is 0 Å². The molecule has 188 valence electrons. The molecule has 9 nitrogen and oxygen atoms in total. The van der Waals surface area contributed by atoms with Crippen molar-refractivity contribution in [1.82, 2.24) is 9.80 Å². The summed E-state index contributed by atoms with van der Waals surface area (Å²) in [5.74, 6) is -2.94. The van der Waals surface area contributed by atoms with E-state index in [1.165, 1.54) is 12.1 Å². The molecule has 0 aliphatic carbocycles. The Kier molecular flexibility index (Phi) is 7.62. The average molecular weight is 615 g/mol. The van der Waals surface area contributed by atoms with Crippen molar-refractivity contribution in [2.45, 2.75) is 0 Å². The van der Waals surface area contributed by atoms with Crippen LogP contribution >= 0.6 is 69.6 Å². The van der Waals surface area contributed by atoms with Gasteiger partial charge < -0.3 is 9.47 Å². The molecule has 2 aliphatic heterocycles. The first-order valence-corrected chi connectivity index (χ1v) is 12.1. The third-order valence-electron chi connectivity index (χ3n) is 5.25. The lowest BCUT2D eigenvalue weighted by atomic mass is 10.1. The third kappa shape index (κ3) is 4.49. The van der Waals surface area contributed by atoms with Crippen LogP contribution in [0.4, 0.5) is 4.79 Å². The fourth-order valence-corrected chi connectivity index (χ4v) is 5.17. The molecule has 15 heteroatoms. The van der Waals surface area contributed by atoms with Gasteiger partial charge in [0.15, 0.2) is 0 Å². The molecule has 0 saturated carbocycles. The van der Waals surface area contributed by atoms with Gasteiger partial charge in [0.25, 0.3) is 23.6 Å². The first-order valence-electron chi connectivity index (χ1n) is 9.82. The van der Waals surface area contributed by atoms with E-state index in [-0.39, 0.29) is 65.5 Å². The molecular weight excluding hydrogens is 605 g/mol. The van der Waals surface area contributed by atoms with E-state index in [4.69, 9.17) is 79.1 Å². The Hall–Kier alpha value is -2.27. The van der Waals surface area contributed by atoms with E-state index in [1.54, 1.807) is 0 Å². The van der Waals surface area contributed by atoms with E-state index in [1.807, 2.05) is 0 Å². The highest BCUT2D eigenvalue weighted by molar-refractivity contribution is 6.49. The monoisotopic (exact) mass is 612 g/mol. The summed E-state index contributed by atoms with van der Waals surface area (Å²) in [4.78, 5) is 63.8. The Morgan fingerprint density at radius 2 is 0.917 bits per heavy atom. The highest BCUT2D eigenvalue weighted by Gasteiger charge is 2.41. The van der Waals surface area contributed by atoms with Gasteiger partial charge >= 0.3 is 6.16 Å². The van der Waals surface area contributed by atoms with E-state index in [9.17, 15) is 24.0 Å². The molecule has 2 aromatic rings. The molecule has 4 amide bonds. The summed E-state index contributed by atoms with van der Waals surface area (Å²) in [6, 6.07) is 2.50. The van der Waals surface area contributed by atoms with Crippen molar-refractivity contribution >= 4 is 99.4 Å². The molecule has 0 unspecified atom stereocenters. The summed E-state index contributed by atoms with van der Waals surface area (Å²) in [5.41, 5.74) is -0.462. The van der Waals surface area contributed by atoms with E-state index in [0.29, 0.717) is 0 Å². The zero-order chi connectivity index (χ0) is 26.5. The lowest BCUT2D eigenvalue weighted by molar-refractivity contribution is 0.0358. The number of hydrogen-bond donors (Lipinski definition) is 0. The number of carbonyl (C=O) groups excluding carboxylic acids is 5. The van der Waals surface area contributed by atoms with Gasteiger partial charge in [-0.05, 0) is 12.1 Å². The van der Waals surface area contributed by atoms with E-state index < -0.39 is 43.0 Å². The Balaban J connectivity index is 1.29. The molecule has 2 aliphatic rings. The van der Waals surface area contributed by atoms with Crippen LogP contribution in [0.15, 0.2) is 12.1 Å². The van der Waals surface area contributed by atoms with Crippen LogP contribution in [0, 0.1) is 0 Å². The Bertz CT molecular complexity index is 1280. The normalized spacial score (nSPS) is 14.5. The maximum atomic E-state index is 12.6. The summed E-state index contributed by atoms with van der Waals surface area (Å²) < 4.78 is 9.74. The Morgan fingerprint density at radius 1 is 0.583 bits per heavy atom. The van der Waals surface area contributed by atoms with E-state index in [0.717, 1.165) is 9.80 Å². The van der Waals surface area contributed by atoms with Crippen molar-refractivity contribution in [3.8, 4) is 0 Å². The number of nitrogens with zero attached hydrogens (tertiary/aromatic N) is 2. The zero-order valence-electron chi connectivity index (χ0n) is 17.5. The molecule has 0 saturated heterocycles. The molecule has 0 bridgehead atoms. The smallest absolute Gasteiger partial charge is 0.432 e. The van der Waals surface area contributed by atoms with Gasteiger partial charge in [0, 0.05) is 0 Å². The molecule has 2 heterocycles. The summed E-state index contributed by atoms with van der Waals surface area (Å²) in [6.45, 7) is -1.46. The average Bonchev–Trinajstić information content (AvgIpc) is 3.21. The van der Waals surface area contributed by atoms with Gasteiger partial charge in [-0.1, -0.05) is 69.6 Å². The maximum Gasteiger partial charge on any atom is 0.508 e. The molecule has 0 spiro atoms. The minimum atomic E-state index is -1.17. The van der Waals surface area contributed by atoms with Crippen molar-refractivity contribution < 1.29 is 33.4 Å². The minimum Gasteiger partial charge on any atom is -0.432 e. The van der Waals surface area contributed by atoms with Gasteiger partial charge in [-0.15, -0.1) is 0 Å². The number of imide groups is 2. The molecule has 0 aromatic heterocycles. The van der Waals surface area contributed by atoms with Gasteiger partial charge in [0.2, 0.25) is 0 Å². The molecule has 0 N–H and O–H groups in total. The second-order valence-corrected chi connectivity index (χ2v) is 9.66. The number of amides is 4. The topological polar surface area (TPSA) is 110 Å². The second-order valence-electron chi connectivity index (χ2n) is 7.28. The number of benzene rings is 2. The maximum absolute atomic E-state index is 12.6. The SMILES string of the molecule is O=C(OCCN1C(=O)c2c(Cl)cc(Cl)c(Cl)c2C1=O)OCCN1C(=O)c2c(Cl)cc(Cl)c(Cl)c2C1=O. The largest absolute Gasteiger partial charge is 0.508 e. The standard InChI is InChI=1S/C21H10Cl6N2O7/c22-7-5-9(24)15(26)13-11(7)17(30)28(19(13)32)1-3-35-21(34)36-4-2-29-18(31)12-8(23)6-10(25)16(27)14(12)20(29)33/h5-6H,1-4H2. The molecule has 2 aromatic carbocycles. The van der Waals surface area contributed by atoms with Gasteiger partial charge in [-0.2, -0.15) is 0 Å². The van der Waals surface area contributed by atoms with Gasteiger partial charge in [0.05, 0.1) is 65.5 Å². The van der Waals surface area contributed by atoms with Gasteiger partial charge in [-0.25, -0.2) is 4.79 Å². The van der Waals surface area contributed by atoms with Crippen LogP contribution in [0.25, 0.3) is 0 Å². The highest BCUT2D eigenvalue weighted by atomic mass is 35.5. The number of ether oxygens (including phenoxy) is 2. The quantitative estimate of drug-likeness (QED) is 0.235. The first kappa shape index (κ1) is 26.8. The molecule has 36 heavy (non-hydrogen) atoms. The highest BCUT2D eigenvalue weighted by Crippen LogP contribution is 2.40. The van der Waals surface area contributed by atoms with Crippen LogP contribution in [0.1, 0.15) is 41.4 Å². The van der Waals surface area contributed by atoms with Crippen molar-refractivity contribution in [2.24, 2.45) is 0 Å². The number of fused-ring (bicyclic) bond motifs is 2. The summed E-state index contributed by atoms with van der Waals surface area (Å²) in [6.07, 6.45) is -1.17. The summed E-state index contributed by atoms with van der Waals surface area (Å²) in [7, 11) is 0. The zero-order valence-corrected chi connectivity index (χ0v) is 22.0. The van der Waals surface area contributed by atoms with Crippen LogP contribution in [-0.2, 0) is 9.47 Å². The molecule has 4 rings (SSSR count). The number of carbonyl (C=O) groups is 5. The van der Waals surface area contributed by atoms with Crippen LogP contribution in [0.5, 0.6) is 0 Å². The van der Waals surface area contributed by atoms with Gasteiger partial charge in [-0.3, -0.25) is 29.0 Å². The van der Waals surface area contributed by atoms with Crippen molar-refractivity contribution in [1.29, 1.82) is 0 Å². The van der Waals surface area contributed by atoms with E-state index >= 15 is 0 Å². The summed E-state index contributed by atoms with van der Waals surface area (Å²) >= 11 is 36.0. The predicted octanol–water partition coefficient (Wildman–Crippen LogP) is 5.65. The van der Waals surface area contributed by atoms with Gasteiger partial charge in [0.1, 0.15) is 13.2 Å². The van der Waals surface area contributed by atoms with Crippen LogP contribution in [-0.4, -0.2) is 65.9 Å². The number of rotatable bonds is 6. The number of halogens is 6. The fraction of sp³-hybridized carbons (Fsp3) is 0.190. The Morgan fingerprint density at radius 3 is 1.28 bits per heavy atom. The second kappa shape index (κ2) is 10.2. The molecular formula is C21H10Cl6N2O7. The van der Waals surface area contributed by atoms with E-state index in [2.05, 4.69) is 0 Å². The Labute approximate surface area is 232 Å². The van der Waals surface area contributed by atoms with Crippen LogP contribution in [0.2, 0.25) is 30.1 Å². The molecule has 0 fully saturated rings. The van der Waals surface area contributed by atoms with Crippen LogP contribution < -0.4 is 0 Å². The lowest BCUT2D eigenvalue weighted by Gasteiger charge is -2.15. The molecule has 0 atom stereocenters. The molecule has 0 radical (unpaired) electrons. The number of hydrogen-bond acceptors (Lipinski definition) is 7. The minimum absolute atomic E-state index is 0.00828. The van der Waals surface area contributed by atoms with Crippen molar-refractivity contribution in [2.75, 3.05) is 26.3 Å². The lowest BCUT2D eigenvalue weighted by Crippen LogP contribution is -2.35. The summed E-state index contributed by atoms with van der Waals surface area (Å²) in [5, 5.41) is -0.300. The first-order chi connectivity index (χ1) is 17.0.